The van der Waals surface area contributed by atoms with Crippen LogP contribution in [0.4, 0.5) is 19.0 Å². The summed E-state index contributed by atoms with van der Waals surface area (Å²) < 4.78 is 38.1. The highest BCUT2D eigenvalue weighted by Gasteiger charge is 2.38. The number of alkyl halides is 3. The number of nitrogens with one attached hydrogen (secondary N) is 1. The van der Waals surface area contributed by atoms with Gasteiger partial charge in [0.25, 0.3) is 0 Å². The smallest absolute Gasteiger partial charge is 0.345 e. The third-order valence-corrected chi connectivity index (χ3v) is 3.26. The molecule has 1 fully saturated rings. The number of anilines is 1. The Kier molecular flexibility index (Phi) is 4.46. The van der Waals surface area contributed by atoms with Crippen LogP contribution in [0, 0.1) is 0 Å². The van der Waals surface area contributed by atoms with Gasteiger partial charge in [0, 0.05) is 24.3 Å². The van der Waals surface area contributed by atoms with Gasteiger partial charge in [-0.3, -0.25) is 0 Å². The molecule has 0 saturated heterocycles. The van der Waals surface area contributed by atoms with Crippen LogP contribution in [0.2, 0.25) is 0 Å². The molecule has 0 atom stereocenters. The Hall–Kier alpha value is -1.30. The van der Waals surface area contributed by atoms with Gasteiger partial charge in [-0.05, 0) is 51.3 Å². The van der Waals surface area contributed by atoms with E-state index in [9.17, 15) is 13.2 Å². The van der Waals surface area contributed by atoms with E-state index in [0.29, 0.717) is 12.4 Å². The first kappa shape index (κ1) is 16.1. The molecule has 0 unspecified atom stereocenters. The molecule has 1 heterocycles. The Balaban J connectivity index is 2.10. The molecule has 0 radical (unpaired) electrons. The number of aromatic nitrogens is 1. The number of hydrogen-bond donors (Lipinski definition) is 1. The summed E-state index contributed by atoms with van der Waals surface area (Å²) in [5.41, 5.74) is 0.911. The summed E-state index contributed by atoms with van der Waals surface area (Å²) in [6.45, 7) is 5.84. The van der Waals surface area contributed by atoms with E-state index in [1.54, 1.807) is 12.3 Å². The predicted molar refractivity (Wildman–Crippen MR) is 77.3 cm³/mol. The maximum Gasteiger partial charge on any atom is 0.405 e. The quantitative estimate of drug-likeness (QED) is 0.902. The minimum atomic E-state index is -4.20. The lowest BCUT2D eigenvalue weighted by atomic mass is 10.1. The fraction of sp³-hybridized carbons (Fsp3) is 0.667. The molecule has 6 heteroatoms. The number of rotatable bonds is 5. The van der Waals surface area contributed by atoms with Gasteiger partial charge in [-0.2, -0.15) is 13.2 Å². The molecule has 1 N–H and O–H groups in total. The van der Waals surface area contributed by atoms with Gasteiger partial charge in [0.1, 0.15) is 12.4 Å². The lowest BCUT2D eigenvalue weighted by Crippen LogP contribution is -2.37. The van der Waals surface area contributed by atoms with Crippen molar-refractivity contribution in [1.29, 1.82) is 0 Å². The average Bonchev–Trinajstić information content (AvgIpc) is 3.16. The summed E-state index contributed by atoms with van der Waals surface area (Å²) in [5, 5.41) is 3.33. The van der Waals surface area contributed by atoms with Crippen molar-refractivity contribution in [2.75, 3.05) is 11.4 Å². The average molecular weight is 301 g/mol. The molecular weight excluding hydrogens is 279 g/mol. The monoisotopic (exact) mass is 301 g/mol. The van der Waals surface area contributed by atoms with Crippen LogP contribution in [0.25, 0.3) is 0 Å². The summed E-state index contributed by atoms with van der Waals surface area (Å²) in [7, 11) is 0. The van der Waals surface area contributed by atoms with Crippen LogP contribution in [-0.4, -0.2) is 29.3 Å². The van der Waals surface area contributed by atoms with Crippen molar-refractivity contribution >= 4 is 5.82 Å². The first-order valence-electron chi connectivity index (χ1n) is 7.17. The third-order valence-electron chi connectivity index (χ3n) is 3.26. The Morgan fingerprint density at radius 1 is 1.29 bits per heavy atom. The summed E-state index contributed by atoms with van der Waals surface area (Å²) >= 11 is 0. The van der Waals surface area contributed by atoms with Gasteiger partial charge in [0.05, 0.1) is 0 Å². The first-order chi connectivity index (χ1) is 9.64. The van der Waals surface area contributed by atoms with Gasteiger partial charge in [-0.1, -0.05) is 0 Å². The van der Waals surface area contributed by atoms with Crippen molar-refractivity contribution in [1.82, 2.24) is 10.3 Å². The molecule has 2 rings (SSSR count). The SMILES string of the molecule is CC(C)(C)NCc1ccnc(N(CC(F)(F)F)C2CC2)c1. The van der Waals surface area contributed by atoms with Crippen molar-refractivity contribution < 1.29 is 13.2 Å². The molecule has 1 aliphatic carbocycles. The van der Waals surface area contributed by atoms with E-state index in [1.165, 1.54) is 4.90 Å². The fourth-order valence-electron chi connectivity index (χ4n) is 2.07. The summed E-state index contributed by atoms with van der Waals surface area (Å²) in [5.74, 6) is 0.419. The Bertz CT molecular complexity index is 476. The molecule has 1 saturated carbocycles. The largest absolute Gasteiger partial charge is 0.405 e. The second kappa shape index (κ2) is 5.83. The maximum atomic E-state index is 12.7. The number of nitrogens with zero attached hydrogens (tertiary/aromatic N) is 2. The Morgan fingerprint density at radius 3 is 2.48 bits per heavy atom. The highest BCUT2D eigenvalue weighted by Crippen LogP contribution is 2.33. The molecule has 0 aliphatic heterocycles. The zero-order valence-electron chi connectivity index (χ0n) is 12.7. The Labute approximate surface area is 123 Å². The van der Waals surface area contributed by atoms with E-state index < -0.39 is 12.7 Å². The van der Waals surface area contributed by atoms with E-state index in [1.807, 2.05) is 6.07 Å². The van der Waals surface area contributed by atoms with Gasteiger partial charge in [-0.25, -0.2) is 4.98 Å². The number of pyridine rings is 1. The second-order valence-corrected chi connectivity index (χ2v) is 6.60. The van der Waals surface area contributed by atoms with Crippen LogP contribution >= 0.6 is 0 Å². The minimum Gasteiger partial charge on any atom is -0.345 e. The first-order valence-corrected chi connectivity index (χ1v) is 7.17. The van der Waals surface area contributed by atoms with E-state index in [2.05, 4.69) is 31.1 Å². The van der Waals surface area contributed by atoms with Crippen molar-refractivity contribution in [2.24, 2.45) is 0 Å². The molecular formula is C15H22F3N3. The van der Waals surface area contributed by atoms with E-state index in [-0.39, 0.29) is 11.6 Å². The highest BCUT2D eigenvalue weighted by molar-refractivity contribution is 5.44. The molecule has 1 aromatic rings. The molecule has 21 heavy (non-hydrogen) atoms. The van der Waals surface area contributed by atoms with Crippen molar-refractivity contribution in [3.8, 4) is 0 Å². The van der Waals surface area contributed by atoms with Crippen LogP contribution in [0.3, 0.4) is 0 Å². The maximum absolute atomic E-state index is 12.7. The van der Waals surface area contributed by atoms with Crippen LogP contribution in [0.1, 0.15) is 39.2 Å². The predicted octanol–water partition coefficient (Wildman–Crippen LogP) is 3.50. The standard InChI is InChI=1S/C15H22F3N3/c1-14(2,3)20-9-11-6-7-19-13(8-11)21(12-4-5-12)10-15(16,17)18/h6-8,12,20H,4-5,9-10H2,1-3H3. The highest BCUT2D eigenvalue weighted by atomic mass is 19.4. The second-order valence-electron chi connectivity index (χ2n) is 6.60. The van der Waals surface area contributed by atoms with Crippen molar-refractivity contribution in [3.63, 3.8) is 0 Å². The fourth-order valence-corrected chi connectivity index (χ4v) is 2.07. The summed E-state index contributed by atoms with van der Waals surface area (Å²) in [4.78, 5) is 5.50. The molecule has 1 aliphatic rings. The molecule has 118 valence electrons. The Morgan fingerprint density at radius 2 is 1.95 bits per heavy atom. The molecule has 1 aromatic heterocycles. The molecule has 0 aromatic carbocycles. The third kappa shape index (κ3) is 5.53. The van der Waals surface area contributed by atoms with Crippen LogP contribution in [0.5, 0.6) is 0 Å². The van der Waals surface area contributed by atoms with E-state index >= 15 is 0 Å². The van der Waals surface area contributed by atoms with Crippen LogP contribution < -0.4 is 10.2 Å². The molecule has 0 spiro atoms. The number of hydrogen-bond acceptors (Lipinski definition) is 3. The molecule has 0 bridgehead atoms. The van der Waals surface area contributed by atoms with E-state index in [0.717, 1.165) is 18.4 Å². The molecule has 0 amide bonds. The minimum absolute atomic E-state index is 0.0232. The van der Waals surface area contributed by atoms with Crippen LogP contribution in [0.15, 0.2) is 18.3 Å². The molecule has 3 nitrogen and oxygen atoms in total. The topological polar surface area (TPSA) is 28.2 Å². The zero-order valence-corrected chi connectivity index (χ0v) is 12.7. The lowest BCUT2D eigenvalue weighted by molar-refractivity contribution is -0.120. The van der Waals surface area contributed by atoms with Gasteiger partial charge in [-0.15, -0.1) is 0 Å². The normalized spacial score (nSPS) is 16.1. The van der Waals surface area contributed by atoms with Gasteiger partial charge >= 0.3 is 6.18 Å². The van der Waals surface area contributed by atoms with E-state index in [4.69, 9.17) is 0 Å². The van der Waals surface area contributed by atoms with Gasteiger partial charge in [0.2, 0.25) is 0 Å². The van der Waals surface area contributed by atoms with Crippen molar-refractivity contribution in [2.45, 2.75) is 57.9 Å². The lowest BCUT2D eigenvalue weighted by Gasteiger charge is -2.25. The number of halogens is 3. The zero-order chi connectivity index (χ0) is 15.7. The summed E-state index contributed by atoms with van der Waals surface area (Å²) in [6.07, 6.45) is -1.00. The van der Waals surface area contributed by atoms with Gasteiger partial charge < -0.3 is 10.2 Å². The van der Waals surface area contributed by atoms with Crippen molar-refractivity contribution in [3.05, 3.63) is 23.9 Å². The van der Waals surface area contributed by atoms with Gasteiger partial charge in [0.15, 0.2) is 0 Å². The van der Waals surface area contributed by atoms with Crippen LogP contribution in [-0.2, 0) is 6.54 Å². The summed E-state index contributed by atoms with van der Waals surface area (Å²) in [6, 6.07) is 3.56.